The molecule has 4 heterocycles. The zero-order valence-electron chi connectivity index (χ0n) is 14.0. The van der Waals surface area contributed by atoms with Crippen LogP contribution in [0.1, 0.15) is 17.0 Å². The van der Waals surface area contributed by atoms with Crippen molar-refractivity contribution in [3.8, 4) is 34.7 Å². The van der Waals surface area contributed by atoms with Gasteiger partial charge in [-0.3, -0.25) is 10.1 Å². The predicted octanol–water partition coefficient (Wildman–Crippen LogP) is 2.42. The quantitative estimate of drug-likeness (QED) is 0.721. The van der Waals surface area contributed by atoms with E-state index in [1.165, 1.54) is 0 Å². The fourth-order valence-corrected chi connectivity index (χ4v) is 3.41. The molecule has 8 heteroatoms. The van der Waals surface area contributed by atoms with Gasteiger partial charge in [0, 0.05) is 18.0 Å². The molecule has 8 nitrogen and oxygen atoms in total. The molecule has 27 heavy (non-hydrogen) atoms. The van der Waals surface area contributed by atoms with E-state index < -0.39 is 5.92 Å². The van der Waals surface area contributed by atoms with Crippen molar-refractivity contribution in [2.75, 3.05) is 6.79 Å². The molecule has 0 unspecified atom stereocenters. The maximum atomic E-state index is 9.75. The molecule has 0 radical (unpaired) electrons. The lowest BCUT2D eigenvalue weighted by Gasteiger charge is -2.24. The average Bonchev–Trinajstić information content (AvgIpc) is 3.33. The van der Waals surface area contributed by atoms with Gasteiger partial charge in [-0.25, -0.2) is 0 Å². The third kappa shape index (κ3) is 2.29. The van der Waals surface area contributed by atoms with Gasteiger partial charge in [-0.2, -0.15) is 5.26 Å². The smallest absolute Gasteiger partial charge is 0.244 e. The Labute approximate surface area is 153 Å². The molecule has 2 aliphatic heterocycles. The first-order valence-electron chi connectivity index (χ1n) is 8.22. The molecule has 5 rings (SSSR count). The molecule has 0 bridgehead atoms. The van der Waals surface area contributed by atoms with Crippen LogP contribution >= 0.6 is 0 Å². The molecule has 2 aliphatic rings. The summed E-state index contributed by atoms with van der Waals surface area (Å²) in [5.41, 5.74) is 9.53. The number of H-pyrrole nitrogens is 1. The monoisotopic (exact) mass is 359 g/mol. The van der Waals surface area contributed by atoms with E-state index >= 15 is 0 Å². The SMILES string of the molecule is N#CC1=C(N)Oc2n[nH]c(-c3ccncc3)c2[C@H]1c1ccc2c(c1)OCO2. The summed E-state index contributed by atoms with van der Waals surface area (Å²) < 4.78 is 16.5. The fourth-order valence-electron chi connectivity index (χ4n) is 3.41. The van der Waals surface area contributed by atoms with Gasteiger partial charge in [-0.05, 0) is 29.8 Å². The third-order valence-electron chi connectivity index (χ3n) is 4.64. The second-order valence-electron chi connectivity index (χ2n) is 6.09. The number of ether oxygens (including phenoxy) is 3. The Bertz CT molecular complexity index is 1110. The van der Waals surface area contributed by atoms with E-state index in [4.69, 9.17) is 19.9 Å². The second kappa shape index (κ2) is 5.78. The van der Waals surface area contributed by atoms with Crippen molar-refractivity contribution in [1.29, 1.82) is 5.26 Å². The minimum Gasteiger partial charge on any atom is -0.454 e. The number of hydrogen-bond acceptors (Lipinski definition) is 7. The van der Waals surface area contributed by atoms with Crippen LogP contribution in [0.2, 0.25) is 0 Å². The Kier molecular flexibility index (Phi) is 3.27. The summed E-state index contributed by atoms with van der Waals surface area (Å²) >= 11 is 0. The van der Waals surface area contributed by atoms with Crippen molar-refractivity contribution >= 4 is 0 Å². The normalized spacial score (nSPS) is 17.2. The lowest BCUT2D eigenvalue weighted by Crippen LogP contribution is -2.21. The number of rotatable bonds is 2. The highest BCUT2D eigenvalue weighted by molar-refractivity contribution is 5.70. The molecular formula is C19H13N5O3. The van der Waals surface area contributed by atoms with Crippen LogP contribution in [0, 0.1) is 11.3 Å². The van der Waals surface area contributed by atoms with Crippen LogP contribution in [-0.2, 0) is 0 Å². The molecule has 1 aromatic carbocycles. The number of fused-ring (bicyclic) bond motifs is 2. The first-order chi connectivity index (χ1) is 13.3. The van der Waals surface area contributed by atoms with E-state index in [0.29, 0.717) is 23.0 Å². The zero-order chi connectivity index (χ0) is 18.4. The molecule has 0 spiro atoms. The molecule has 3 aromatic rings. The summed E-state index contributed by atoms with van der Waals surface area (Å²) in [5.74, 6) is 1.24. The molecule has 3 N–H and O–H groups in total. The largest absolute Gasteiger partial charge is 0.454 e. The molecule has 2 aromatic heterocycles. The van der Waals surface area contributed by atoms with Crippen molar-refractivity contribution < 1.29 is 14.2 Å². The van der Waals surface area contributed by atoms with Gasteiger partial charge < -0.3 is 19.9 Å². The van der Waals surface area contributed by atoms with E-state index in [0.717, 1.165) is 22.4 Å². The van der Waals surface area contributed by atoms with Crippen molar-refractivity contribution in [2.45, 2.75) is 5.92 Å². The highest BCUT2D eigenvalue weighted by Gasteiger charge is 2.36. The first kappa shape index (κ1) is 15.3. The minimum atomic E-state index is -0.449. The lowest BCUT2D eigenvalue weighted by molar-refractivity contribution is 0.174. The standard InChI is InChI=1S/C19H13N5O3/c20-8-12-15(11-1-2-13-14(7-11)26-9-25-13)16-17(10-3-5-22-6-4-10)23-24-19(16)27-18(12)21/h1-7,15H,9,21H2,(H,23,24)/t15-/m0/s1. The Hall–Kier alpha value is -3.99. The zero-order valence-corrected chi connectivity index (χ0v) is 14.0. The van der Waals surface area contributed by atoms with Gasteiger partial charge in [-0.1, -0.05) is 6.07 Å². The molecule has 132 valence electrons. The molecule has 0 fully saturated rings. The van der Waals surface area contributed by atoms with Gasteiger partial charge in [0.15, 0.2) is 11.5 Å². The van der Waals surface area contributed by atoms with E-state index in [-0.39, 0.29) is 12.7 Å². The minimum absolute atomic E-state index is 0.0421. The maximum absolute atomic E-state index is 9.75. The summed E-state index contributed by atoms with van der Waals surface area (Å²) in [6.07, 6.45) is 3.38. The number of nitrogens with two attached hydrogens (primary N) is 1. The van der Waals surface area contributed by atoms with Crippen LogP contribution in [-0.4, -0.2) is 22.0 Å². The van der Waals surface area contributed by atoms with Crippen LogP contribution in [0.15, 0.2) is 54.2 Å². The number of nitriles is 1. The maximum Gasteiger partial charge on any atom is 0.244 e. The summed E-state index contributed by atoms with van der Waals surface area (Å²) in [6.45, 7) is 0.175. The summed E-state index contributed by atoms with van der Waals surface area (Å²) in [7, 11) is 0. The van der Waals surface area contributed by atoms with Crippen LogP contribution in [0.3, 0.4) is 0 Å². The van der Waals surface area contributed by atoms with Crippen LogP contribution in [0.5, 0.6) is 17.4 Å². The average molecular weight is 359 g/mol. The highest BCUT2D eigenvalue weighted by Crippen LogP contribution is 2.47. The van der Waals surface area contributed by atoms with E-state index in [1.807, 2.05) is 30.3 Å². The van der Waals surface area contributed by atoms with Gasteiger partial charge in [-0.15, -0.1) is 5.10 Å². The summed E-state index contributed by atoms with van der Waals surface area (Å²) in [4.78, 5) is 4.05. The molecular weight excluding hydrogens is 346 g/mol. The number of hydrogen-bond donors (Lipinski definition) is 2. The molecule has 0 saturated carbocycles. The predicted molar refractivity (Wildman–Crippen MR) is 93.7 cm³/mol. The van der Waals surface area contributed by atoms with Gasteiger partial charge in [0.25, 0.3) is 0 Å². The van der Waals surface area contributed by atoms with Crippen molar-refractivity contribution in [2.24, 2.45) is 5.73 Å². The van der Waals surface area contributed by atoms with E-state index in [2.05, 4.69) is 21.3 Å². The summed E-state index contributed by atoms with van der Waals surface area (Å²) in [6, 6.07) is 11.5. The van der Waals surface area contributed by atoms with Gasteiger partial charge in [0.05, 0.1) is 17.2 Å². The number of benzene rings is 1. The molecule has 0 aliphatic carbocycles. The van der Waals surface area contributed by atoms with Crippen LogP contribution < -0.4 is 19.9 Å². The number of aromatic amines is 1. The van der Waals surface area contributed by atoms with Gasteiger partial charge in [0.1, 0.15) is 11.6 Å². The number of nitrogens with zero attached hydrogens (tertiary/aromatic N) is 3. The number of aromatic nitrogens is 3. The van der Waals surface area contributed by atoms with E-state index in [9.17, 15) is 5.26 Å². The van der Waals surface area contributed by atoms with Crippen LogP contribution in [0.4, 0.5) is 0 Å². The van der Waals surface area contributed by atoms with Gasteiger partial charge >= 0.3 is 0 Å². The Balaban J connectivity index is 1.73. The van der Waals surface area contributed by atoms with Crippen molar-refractivity contribution in [1.82, 2.24) is 15.2 Å². The number of nitrogens with one attached hydrogen (secondary N) is 1. The van der Waals surface area contributed by atoms with Gasteiger partial charge in [0.2, 0.25) is 18.6 Å². The van der Waals surface area contributed by atoms with Crippen molar-refractivity contribution in [3.63, 3.8) is 0 Å². The summed E-state index contributed by atoms with van der Waals surface area (Å²) in [5, 5.41) is 17.0. The highest BCUT2D eigenvalue weighted by atomic mass is 16.7. The Morgan fingerprint density at radius 3 is 2.78 bits per heavy atom. The first-order valence-corrected chi connectivity index (χ1v) is 8.22. The number of pyridine rings is 1. The second-order valence-corrected chi connectivity index (χ2v) is 6.09. The molecule has 0 saturated heterocycles. The molecule has 1 atom stereocenters. The third-order valence-corrected chi connectivity index (χ3v) is 4.64. The van der Waals surface area contributed by atoms with Crippen molar-refractivity contribution in [3.05, 3.63) is 65.3 Å². The fraction of sp³-hybridized carbons (Fsp3) is 0.105. The topological polar surface area (TPSA) is 119 Å². The lowest BCUT2D eigenvalue weighted by atomic mass is 9.83. The Morgan fingerprint density at radius 1 is 1.15 bits per heavy atom. The number of allylic oxidation sites excluding steroid dienone is 1. The molecule has 0 amide bonds. The van der Waals surface area contributed by atoms with E-state index in [1.54, 1.807) is 12.4 Å². The van der Waals surface area contributed by atoms with Crippen LogP contribution in [0.25, 0.3) is 11.3 Å². The Morgan fingerprint density at radius 2 is 1.96 bits per heavy atom.